The Morgan fingerprint density at radius 2 is 2.55 bits per heavy atom. The number of hydrogen-bond acceptors (Lipinski definition) is 2. The Hall–Kier alpha value is -1.27. The van der Waals surface area contributed by atoms with Crippen LogP contribution in [0.2, 0.25) is 0 Å². The van der Waals surface area contributed by atoms with Gasteiger partial charge >= 0.3 is 0 Å². The van der Waals surface area contributed by atoms with E-state index in [4.69, 9.17) is 5.73 Å². The van der Waals surface area contributed by atoms with Gasteiger partial charge in [-0.25, -0.2) is 4.98 Å². The zero-order valence-electron chi connectivity index (χ0n) is 6.54. The highest BCUT2D eigenvalue weighted by molar-refractivity contribution is 5.24. The van der Waals surface area contributed by atoms with E-state index in [-0.39, 0.29) is 0 Å². The Labute approximate surface area is 66.2 Å². The number of hydrogen-bond donors (Lipinski definition) is 1. The molecule has 3 nitrogen and oxygen atoms in total. The van der Waals surface area contributed by atoms with Crippen LogP contribution in [0.5, 0.6) is 0 Å². The second-order valence-electron chi connectivity index (χ2n) is 2.26. The molecular formula is C8H11N3. The lowest BCUT2D eigenvalue weighted by Crippen LogP contribution is -1.95. The standard InChI is InChI=1S/C8H11N3/c1-11-6-8(10-7-11)4-2-3-5-9/h6-7H,3,5,9H2,1H3. The maximum absolute atomic E-state index is 5.27. The zero-order valence-corrected chi connectivity index (χ0v) is 6.54. The third-order valence-corrected chi connectivity index (χ3v) is 1.19. The van der Waals surface area contributed by atoms with Crippen LogP contribution in [0.4, 0.5) is 0 Å². The molecule has 0 saturated carbocycles. The molecule has 1 aromatic rings. The molecule has 0 amide bonds. The van der Waals surface area contributed by atoms with Gasteiger partial charge in [-0.2, -0.15) is 0 Å². The van der Waals surface area contributed by atoms with Crippen molar-refractivity contribution in [2.24, 2.45) is 12.8 Å². The van der Waals surface area contributed by atoms with E-state index >= 15 is 0 Å². The topological polar surface area (TPSA) is 43.8 Å². The molecule has 0 aliphatic carbocycles. The van der Waals surface area contributed by atoms with Gasteiger partial charge in [-0.1, -0.05) is 5.92 Å². The fourth-order valence-corrected chi connectivity index (χ4v) is 0.703. The fraction of sp³-hybridized carbons (Fsp3) is 0.375. The van der Waals surface area contributed by atoms with Gasteiger partial charge < -0.3 is 10.3 Å². The van der Waals surface area contributed by atoms with Gasteiger partial charge in [0.15, 0.2) is 0 Å². The Kier molecular flexibility index (Phi) is 2.70. The molecule has 3 heteroatoms. The predicted molar refractivity (Wildman–Crippen MR) is 43.8 cm³/mol. The second-order valence-corrected chi connectivity index (χ2v) is 2.26. The quantitative estimate of drug-likeness (QED) is 0.576. The summed E-state index contributed by atoms with van der Waals surface area (Å²) in [4.78, 5) is 4.04. The van der Waals surface area contributed by atoms with Crippen LogP contribution in [-0.2, 0) is 7.05 Å². The normalized spacial score (nSPS) is 8.91. The first kappa shape index (κ1) is 7.83. The minimum Gasteiger partial charge on any atom is -0.339 e. The molecule has 0 saturated heterocycles. The van der Waals surface area contributed by atoms with E-state index in [0.717, 1.165) is 12.1 Å². The molecule has 0 aromatic carbocycles. The molecule has 1 rings (SSSR count). The molecule has 0 aliphatic rings. The highest BCUT2D eigenvalue weighted by Crippen LogP contribution is 1.89. The molecule has 0 fully saturated rings. The SMILES string of the molecule is Cn1cnc(C#CCCN)c1. The number of aryl methyl sites for hydroxylation is 1. The van der Waals surface area contributed by atoms with Gasteiger partial charge in [0.05, 0.1) is 6.33 Å². The third-order valence-electron chi connectivity index (χ3n) is 1.19. The maximum Gasteiger partial charge on any atom is 0.131 e. The molecule has 2 N–H and O–H groups in total. The highest BCUT2D eigenvalue weighted by atomic mass is 15.0. The zero-order chi connectivity index (χ0) is 8.10. The summed E-state index contributed by atoms with van der Waals surface area (Å²) in [5, 5.41) is 0. The summed E-state index contributed by atoms with van der Waals surface area (Å²) < 4.78 is 1.87. The summed E-state index contributed by atoms with van der Waals surface area (Å²) in [6, 6.07) is 0. The molecule has 11 heavy (non-hydrogen) atoms. The van der Waals surface area contributed by atoms with E-state index in [0.29, 0.717) is 6.54 Å². The van der Waals surface area contributed by atoms with Crippen LogP contribution in [0.3, 0.4) is 0 Å². The first-order chi connectivity index (χ1) is 5.33. The lowest BCUT2D eigenvalue weighted by molar-refractivity contribution is 0.913. The average Bonchev–Trinajstić information content (AvgIpc) is 2.37. The van der Waals surface area contributed by atoms with Crippen LogP contribution in [0.25, 0.3) is 0 Å². The summed E-state index contributed by atoms with van der Waals surface area (Å²) >= 11 is 0. The van der Waals surface area contributed by atoms with Crippen LogP contribution in [0, 0.1) is 11.8 Å². The van der Waals surface area contributed by atoms with E-state index in [1.807, 2.05) is 17.8 Å². The van der Waals surface area contributed by atoms with Gasteiger partial charge in [-0.15, -0.1) is 0 Å². The number of nitrogens with two attached hydrogens (primary N) is 1. The number of nitrogens with zero attached hydrogens (tertiary/aromatic N) is 2. The van der Waals surface area contributed by atoms with Gasteiger partial charge in [0.1, 0.15) is 5.69 Å². The fourth-order valence-electron chi connectivity index (χ4n) is 0.703. The van der Waals surface area contributed by atoms with Crippen molar-refractivity contribution in [3.8, 4) is 11.8 Å². The van der Waals surface area contributed by atoms with Crippen molar-refractivity contribution in [1.82, 2.24) is 9.55 Å². The minimum absolute atomic E-state index is 0.611. The molecule has 1 aromatic heterocycles. The third kappa shape index (κ3) is 2.44. The van der Waals surface area contributed by atoms with E-state index in [2.05, 4.69) is 16.8 Å². The van der Waals surface area contributed by atoms with E-state index in [1.165, 1.54) is 0 Å². The molecule has 0 bridgehead atoms. The van der Waals surface area contributed by atoms with Crippen molar-refractivity contribution >= 4 is 0 Å². The first-order valence-corrected chi connectivity index (χ1v) is 3.50. The van der Waals surface area contributed by atoms with Crippen molar-refractivity contribution in [3.05, 3.63) is 18.2 Å². The Morgan fingerprint density at radius 3 is 3.09 bits per heavy atom. The largest absolute Gasteiger partial charge is 0.339 e. The van der Waals surface area contributed by atoms with Gasteiger partial charge in [0, 0.05) is 26.2 Å². The van der Waals surface area contributed by atoms with E-state index in [9.17, 15) is 0 Å². The molecular weight excluding hydrogens is 138 g/mol. The maximum atomic E-state index is 5.27. The lowest BCUT2D eigenvalue weighted by atomic mass is 10.4. The van der Waals surface area contributed by atoms with Gasteiger partial charge in [0.25, 0.3) is 0 Å². The summed E-state index contributed by atoms with van der Waals surface area (Å²) in [5.41, 5.74) is 6.08. The van der Waals surface area contributed by atoms with Crippen molar-refractivity contribution in [2.75, 3.05) is 6.54 Å². The molecule has 0 spiro atoms. The summed E-state index contributed by atoms with van der Waals surface area (Å²) in [6.45, 7) is 0.611. The molecule has 0 radical (unpaired) electrons. The number of aromatic nitrogens is 2. The number of imidazole rings is 1. The second kappa shape index (κ2) is 3.79. The molecule has 58 valence electrons. The number of rotatable bonds is 1. The summed E-state index contributed by atoms with van der Waals surface area (Å²) in [5.74, 6) is 5.82. The smallest absolute Gasteiger partial charge is 0.131 e. The van der Waals surface area contributed by atoms with Gasteiger partial charge in [-0.3, -0.25) is 0 Å². The predicted octanol–water partition coefficient (Wildman–Crippen LogP) is 0.120. The highest BCUT2D eigenvalue weighted by Gasteiger charge is 1.87. The van der Waals surface area contributed by atoms with Crippen LogP contribution < -0.4 is 5.73 Å². The monoisotopic (exact) mass is 149 g/mol. The van der Waals surface area contributed by atoms with Crippen LogP contribution in [-0.4, -0.2) is 16.1 Å². The minimum atomic E-state index is 0.611. The summed E-state index contributed by atoms with van der Waals surface area (Å²) in [6.07, 6.45) is 4.34. The van der Waals surface area contributed by atoms with Crippen molar-refractivity contribution in [1.29, 1.82) is 0 Å². The van der Waals surface area contributed by atoms with Crippen LogP contribution >= 0.6 is 0 Å². The lowest BCUT2D eigenvalue weighted by Gasteiger charge is -1.79. The van der Waals surface area contributed by atoms with Gasteiger partial charge in [0.2, 0.25) is 0 Å². The van der Waals surface area contributed by atoms with E-state index < -0.39 is 0 Å². The first-order valence-electron chi connectivity index (χ1n) is 3.50. The Bertz CT molecular complexity index is 277. The van der Waals surface area contributed by atoms with Crippen molar-refractivity contribution in [2.45, 2.75) is 6.42 Å². The van der Waals surface area contributed by atoms with Crippen LogP contribution in [0.1, 0.15) is 12.1 Å². The van der Waals surface area contributed by atoms with E-state index in [1.54, 1.807) is 6.33 Å². The molecule has 0 aliphatic heterocycles. The molecule has 0 atom stereocenters. The molecule has 0 unspecified atom stereocenters. The average molecular weight is 149 g/mol. The summed E-state index contributed by atoms with van der Waals surface area (Å²) in [7, 11) is 1.92. The Morgan fingerprint density at radius 1 is 1.73 bits per heavy atom. The van der Waals surface area contributed by atoms with Crippen molar-refractivity contribution < 1.29 is 0 Å². The molecule has 1 heterocycles. The van der Waals surface area contributed by atoms with Crippen molar-refractivity contribution in [3.63, 3.8) is 0 Å². The van der Waals surface area contributed by atoms with Crippen LogP contribution in [0.15, 0.2) is 12.5 Å². The Balaban J connectivity index is 2.59. The van der Waals surface area contributed by atoms with Gasteiger partial charge in [-0.05, 0) is 5.92 Å².